The molecule has 3 heterocycles. The van der Waals surface area contributed by atoms with Crippen molar-refractivity contribution in [2.75, 3.05) is 33.3 Å². The van der Waals surface area contributed by atoms with E-state index < -0.39 is 0 Å². The molecule has 0 unspecified atom stereocenters. The molecule has 0 spiro atoms. The Kier molecular flexibility index (Phi) is 6.46. The van der Waals surface area contributed by atoms with E-state index in [0.717, 1.165) is 55.6 Å². The maximum atomic E-state index is 5.54. The molecule has 2 aromatic carbocycles. The summed E-state index contributed by atoms with van der Waals surface area (Å²) in [6.07, 6.45) is 1.67. The van der Waals surface area contributed by atoms with Gasteiger partial charge in [-0.2, -0.15) is 0 Å². The number of hydrogen-bond donors (Lipinski definition) is 0. The van der Waals surface area contributed by atoms with Crippen molar-refractivity contribution in [3.63, 3.8) is 0 Å². The van der Waals surface area contributed by atoms with Gasteiger partial charge in [-0.25, -0.2) is 4.68 Å². The second kappa shape index (κ2) is 9.97. The highest BCUT2D eigenvalue weighted by molar-refractivity contribution is 5.32. The lowest BCUT2D eigenvalue weighted by Crippen LogP contribution is -2.48. The van der Waals surface area contributed by atoms with Crippen LogP contribution in [0.15, 0.2) is 77.4 Å². The zero-order chi connectivity index (χ0) is 22.5. The molecule has 1 atom stereocenters. The lowest BCUT2D eigenvalue weighted by Gasteiger charge is -2.39. The largest absolute Gasteiger partial charge is 0.497 e. The van der Waals surface area contributed by atoms with Crippen LogP contribution in [-0.4, -0.2) is 63.3 Å². The van der Waals surface area contributed by atoms with Crippen molar-refractivity contribution >= 4 is 0 Å². The molecule has 170 valence electrons. The third kappa shape index (κ3) is 4.97. The lowest BCUT2D eigenvalue weighted by molar-refractivity contribution is 0.100. The van der Waals surface area contributed by atoms with Gasteiger partial charge in [0.05, 0.1) is 19.4 Å². The molecule has 0 amide bonds. The summed E-state index contributed by atoms with van der Waals surface area (Å²) in [6.45, 7) is 5.30. The highest BCUT2D eigenvalue weighted by Gasteiger charge is 2.31. The van der Waals surface area contributed by atoms with Crippen molar-refractivity contribution in [2.45, 2.75) is 19.1 Å². The van der Waals surface area contributed by atoms with Crippen LogP contribution in [-0.2, 0) is 13.1 Å². The minimum atomic E-state index is -0.0558. The van der Waals surface area contributed by atoms with E-state index >= 15 is 0 Å². The fraction of sp³-hybridized carbons (Fsp3) is 0.320. The van der Waals surface area contributed by atoms with E-state index in [4.69, 9.17) is 9.15 Å². The van der Waals surface area contributed by atoms with Gasteiger partial charge in [0.1, 0.15) is 18.1 Å². The first kappa shape index (κ1) is 21.4. The van der Waals surface area contributed by atoms with Crippen LogP contribution >= 0.6 is 0 Å². The highest BCUT2D eigenvalue weighted by Crippen LogP contribution is 2.30. The summed E-state index contributed by atoms with van der Waals surface area (Å²) >= 11 is 0. The van der Waals surface area contributed by atoms with Gasteiger partial charge in [0.15, 0.2) is 5.82 Å². The van der Waals surface area contributed by atoms with Crippen molar-refractivity contribution in [3.8, 4) is 5.75 Å². The van der Waals surface area contributed by atoms with Crippen LogP contribution < -0.4 is 4.74 Å². The van der Waals surface area contributed by atoms with Gasteiger partial charge in [0.25, 0.3) is 0 Å². The van der Waals surface area contributed by atoms with Crippen LogP contribution in [0.3, 0.4) is 0 Å². The van der Waals surface area contributed by atoms with Crippen LogP contribution in [0.25, 0.3) is 0 Å². The molecule has 8 heteroatoms. The van der Waals surface area contributed by atoms with Gasteiger partial charge in [-0.15, -0.1) is 5.10 Å². The van der Waals surface area contributed by atoms with Crippen molar-refractivity contribution in [3.05, 3.63) is 95.7 Å². The van der Waals surface area contributed by atoms with Crippen LogP contribution in [0.2, 0.25) is 0 Å². The minimum Gasteiger partial charge on any atom is -0.497 e. The number of benzene rings is 2. The monoisotopic (exact) mass is 444 g/mol. The molecule has 8 nitrogen and oxygen atoms in total. The van der Waals surface area contributed by atoms with E-state index in [9.17, 15) is 0 Å². The molecule has 1 saturated heterocycles. The smallest absolute Gasteiger partial charge is 0.173 e. The quantitative estimate of drug-likeness (QED) is 0.413. The van der Waals surface area contributed by atoms with Crippen molar-refractivity contribution in [2.24, 2.45) is 0 Å². The minimum absolute atomic E-state index is 0.0558. The Bertz CT molecular complexity index is 1120. The third-order valence-electron chi connectivity index (χ3n) is 6.14. The van der Waals surface area contributed by atoms with Crippen molar-refractivity contribution in [1.29, 1.82) is 0 Å². The average molecular weight is 445 g/mol. The first-order chi connectivity index (χ1) is 16.3. The topological polar surface area (TPSA) is 72.4 Å². The summed E-state index contributed by atoms with van der Waals surface area (Å²) in [4.78, 5) is 4.97. The van der Waals surface area contributed by atoms with E-state index in [1.807, 2.05) is 28.9 Å². The third-order valence-corrected chi connectivity index (χ3v) is 6.14. The molecule has 1 fully saturated rings. The Morgan fingerprint density at radius 1 is 0.909 bits per heavy atom. The van der Waals surface area contributed by atoms with Crippen LogP contribution in [0.5, 0.6) is 5.75 Å². The average Bonchev–Trinajstić information content (AvgIpc) is 3.54. The Hall–Kier alpha value is -3.49. The predicted octanol–water partition coefficient (Wildman–Crippen LogP) is 3.23. The molecule has 5 rings (SSSR count). The standard InChI is InChI=1S/C25H28N6O2/c1-32-22-11-9-21(10-12-22)24(25-26-27-28-31(25)19-23-8-5-17-33-23)30-15-13-29(14-16-30)18-20-6-3-2-4-7-20/h2-12,17,24H,13-16,18-19H2,1H3/t24-/m1/s1. The summed E-state index contributed by atoms with van der Waals surface area (Å²) in [5.74, 6) is 2.47. The summed E-state index contributed by atoms with van der Waals surface area (Å²) in [5.41, 5.74) is 2.49. The van der Waals surface area contributed by atoms with Gasteiger partial charge in [-0.05, 0) is 45.8 Å². The Labute approximate surface area is 193 Å². The number of ether oxygens (including phenoxy) is 1. The number of piperazine rings is 1. The van der Waals surface area contributed by atoms with E-state index in [-0.39, 0.29) is 6.04 Å². The Morgan fingerprint density at radius 3 is 2.39 bits per heavy atom. The molecule has 1 aliphatic heterocycles. The van der Waals surface area contributed by atoms with Crippen LogP contribution in [0, 0.1) is 0 Å². The summed E-state index contributed by atoms with van der Waals surface area (Å²) < 4.78 is 12.7. The van der Waals surface area contributed by atoms with E-state index in [1.54, 1.807) is 13.4 Å². The van der Waals surface area contributed by atoms with E-state index in [2.05, 4.69) is 67.8 Å². The first-order valence-corrected chi connectivity index (χ1v) is 11.2. The van der Waals surface area contributed by atoms with Crippen molar-refractivity contribution < 1.29 is 9.15 Å². The Balaban J connectivity index is 1.38. The second-order valence-corrected chi connectivity index (χ2v) is 8.25. The molecule has 1 aliphatic rings. The number of hydrogen-bond acceptors (Lipinski definition) is 7. The van der Waals surface area contributed by atoms with Gasteiger partial charge in [0, 0.05) is 32.7 Å². The van der Waals surface area contributed by atoms with Gasteiger partial charge in [-0.3, -0.25) is 9.80 Å². The number of nitrogens with zero attached hydrogens (tertiary/aromatic N) is 6. The van der Waals surface area contributed by atoms with Gasteiger partial charge in [-0.1, -0.05) is 42.5 Å². The molecule has 0 saturated carbocycles. The molecule has 0 N–H and O–H groups in total. The molecular weight excluding hydrogens is 416 g/mol. The van der Waals surface area contributed by atoms with Gasteiger partial charge < -0.3 is 9.15 Å². The zero-order valence-electron chi connectivity index (χ0n) is 18.7. The van der Waals surface area contributed by atoms with E-state index in [1.165, 1.54) is 5.56 Å². The van der Waals surface area contributed by atoms with Gasteiger partial charge >= 0.3 is 0 Å². The number of aromatic nitrogens is 4. The van der Waals surface area contributed by atoms with Crippen molar-refractivity contribution in [1.82, 2.24) is 30.0 Å². The molecule has 0 radical (unpaired) electrons. The summed E-state index contributed by atoms with van der Waals surface area (Å²) in [5, 5.41) is 12.7. The predicted molar refractivity (Wildman–Crippen MR) is 124 cm³/mol. The summed E-state index contributed by atoms with van der Waals surface area (Å²) in [6, 6.07) is 22.6. The molecule has 0 aliphatic carbocycles. The number of methoxy groups -OCH3 is 1. The lowest BCUT2D eigenvalue weighted by atomic mass is 10.0. The Morgan fingerprint density at radius 2 is 1.70 bits per heavy atom. The number of furan rings is 1. The van der Waals surface area contributed by atoms with Crippen LogP contribution in [0.1, 0.15) is 28.8 Å². The van der Waals surface area contributed by atoms with E-state index in [0.29, 0.717) is 6.54 Å². The highest BCUT2D eigenvalue weighted by atomic mass is 16.5. The second-order valence-electron chi connectivity index (χ2n) is 8.25. The van der Waals surface area contributed by atoms with Crippen LogP contribution in [0.4, 0.5) is 0 Å². The summed E-state index contributed by atoms with van der Waals surface area (Å²) in [7, 11) is 1.68. The number of tetrazole rings is 1. The fourth-order valence-corrected chi connectivity index (χ4v) is 4.40. The maximum absolute atomic E-state index is 5.54. The molecule has 33 heavy (non-hydrogen) atoms. The first-order valence-electron chi connectivity index (χ1n) is 11.2. The molecule has 4 aromatic rings. The SMILES string of the molecule is COc1ccc([C@H](c2nnnn2Cc2ccco2)N2CCN(Cc3ccccc3)CC2)cc1. The zero-order valence-corrected chi connectivity index (χ0v) is 18.7. The number of rotatable bonds is 8. The van der Waals surface area contributed by atoms with Gasteiger partial charge in [0.2, 0.25) is 0 Å². The fourth-order valence-electron chi connectivity index (χ4n) is 4.40. The normalized spacial score (nSPS) is 16.0. The molecule has 2 aromatic heterocycles. The maximum Gasteiger partial charge on any atom is 0.173 e. The molecular formula is C25H28N6O2. The molecule has 0 bridgehead atoms.